The van der Waals surface area contributed by atoms with Gasteiger partial charge in [0.2, 0.25) is 15.9 Å². The number of halogens is 1. The Morgan fingerprint density at radius 2 is 2.14 bits per heavy atom. The van der Waals surface area contributed by atoms with Crippen LogP contribution in [0, 0.1) is 11.3 Å². The first kappa shape index (κ1) is 20.0. The highest BCUT2D eigenvalue weighted by Gasteiger charge is 2.38. The van der Waals surface area contributed by atoms with Crippen LogP contribution in [0.15, 0.2) is 35.5 Å². The van der Waals surface area contributed by atoms with Gasteiger partial charge in [-0.2, -0.15) is 5.26 Å². The number of fused-ring (bicyclic) bond motifs is 1. The summed E-state index contributed by atoms with van der Waals surface area (Å²) in [5.74, 6) is -0.417. The molecule has 28 heavy (non-hydrogen) atoms. The van der Waals surface area contributed by atoms with Crippen LogP contribution >= 0.6 is 11.6 Å². The van der Waals surface area contributed by atoms with Gasteiger partial charge in [-0.25, -0.2) is 18.4 Å². The molecule has 3 N–H and O–H groups in total. The molecular weight excluding hydrogens is 408 g/mol. The molecular formula is C16H15ClN6O4S. The lowest BCUT2D eigenvalue weighted by molar-refractivity contribution is -0.123. The third-order valence-corrected chi connectivity index (χ3v) is 6.03. The lowest BCUT2D eigenvalue weighted by Crippen LogP contribution is -2.52. The summed E-state index contributed by atoms with van der Waals surface area (Å²) in [7, 11) is -4.15. The molecule has 2 heterocycles. The Morgan fingerprint density at radius 1 is 1.46 bits per heavy atom. The molecule has 12 heteroatoms. The Labute approximate surface area is 165 Å². The van der Waals surface area contributed by atoms with Crippen LogP contribution in [-0.4, -0.2) is 46.6 Å². The summed E-state index contributed by atoms with van der Waals surface area (Å²) in [6.07, 6.45) is 1.01. The molecule has 1 aromatic carbocycles. The minimum Gasteiger partial charge on any atom is -0.360 e. The Kier molecular flexibility index (Phi) is 5.48. The number of carbonyl (C=O) groups is 1. The number of amides is 1. The van der Waals surface area contributed by atoms with Gasteiger partial charge >= 0.3 is 0 Å². The molecule has 1 aliphatic rings. The zero-order valence-corrected chi connectivity index (χ0v) is 16.1. The predicted molar refractivity (Wildman–Crippen MR) is 98.3 cm³/mol. The number of nitriles is 1. The van der Waals surface area contributed by atoms with Crippen molar-refractivity contribution in [3.05, 3.63) is 47.0 Å². The molecule has 0 bridgehead atoms. The molecule has 0 saturated heterocycles. The number of nitrogens with zero attached hydrogens (tertiary/aromatic N) is 4. The van der Waals surface area contributed by atoms with Crippen molar-refractivity contribution in [3.63, 3.8) is 0 Å². The van der Waals surface area contributed by atoms with E-state index in [1.54, 1.807) is 6.92 Å². The smallest absolute Gasteiger partial charge is 0.249 e. The van der Waals surface area contributed by atoms with Crippen molar-refractivity contribution in [2.45, 2.75) is 24.2 Å². The molecule has 0 saturated carbocycles. The van der Waals surface area contributed by atoms with Gasteiger partial charge in [-0.3, -0.25) is 4.79 Å². The molecule has 2 atom stereocenters. The quantitative estimate of drug-likeness (QED) is 0.647. The fourth-order valence-electron chi connectivity index (χ4n) is 2.58. The summed E-state index contributed by atoms with van der Waals surface area (Å²) < 4.78 is 26.1. The Hall–Kier alpha value is -2.78. The number of aliphatic hydroxyl groups excluding tert-OH is 1. The molecule has 1 aromatic heterocycles. The molecule has 0 aliphatic carbocycles. The summed E-state index contributed by atoms with van der Waals surface area (Å²) in [5, 5.41) is 24.3. The van der Waals surface area contributed by atoms with E-state index in [0.29, 0.717) is 4.31 Å². The monoisotopic (exact) mass is 422 g/mol. The van der Waals surface area contributed by atoms with Crippen LogP contribution in [0.1, 0.15) is 24.4 Å². The first-order valence-electron chi connectivity index (χ1n) is 8.00. The normalized spacial score (nSPS) is 19.0. The molecule has 1 amide bonds. The van der Waals surface area contributed by atoms with Crippen LogP contribution in [0.5, 0.6) is 0 Å². The number of nitrogens with one attached hydrogen (secondary N) is 2. The van der Waals surface area contributed by atoms with Crippen molar-refractivity contribution in [3.8, 4) is 6.07 Å². The van der Waals surface area contributed by atoms with E-state index in [4.69, 9.17) is 16.9 Å². The standard InChI is InChI=1S/C16H15ClN6O4S/c1-9(15-19-6-10(5-18)7-20-15)21-14(24)8-23-16(25)22-12-3-2-11(17)4-13(12)28(23,26)27/h2-4,6-7,9,16,22,25H,8H2,1H3,(H,21,24)/t9-,16?/m1/s1. The molecule has 0 fully saturated rings. The van der Waals surface area contributed by atoms with Gasteiger partial charge in [0, 0.05) is 17.4 Å². The number of benzene rings is 1. The van der Waals surface area contributed by atoms with E-state index >= 15 is 0 Å². The minimum absolute atomic E-state index is 0.137. The lowest BCUT2D eigenvalue weighted by Gasteiger charge is -2.33. The zero-order chi connectivity index (χ0) is 20.5. The number of rotatable bonds is 4. The Bertz CT molecular complexity index is 1050. The largest absolute Gasteiger partial charge is 0.360 e. The molecule has 0 spiro atoms. The average molecular weight is 423 g/mol. The van der Waals surface area contributed by atoms with E-state index in [1.807, 2.05) is 6.07 Å². The number of sulfonamides is 1. The summed E-state index contributed by atoms with van der Waals surface area (Å²) in [6, 6.07) is 5.40. The third-order valence-electron chi connectivity index (χ3n) is 3.95. The Morgan fingerprint density at radius 3 is 2.79 bits per heavy atom. The van der Waals surface area contributed by atoms with Crippen molar-refractivity contribution in [1.82, 2.24) is 19.6 Å². The summed E-state index contributed by atoms with van der Waals surface area (Å²) >= 11 is 5.87. The molecule has 3 rings (SSSR count). The first-order valence-corrected chi connectivity index (χ1v) is 9.81. The van der Waals surface area contributed by atoms with E-state index < -0.39 is 34.9 Å². The predicted octanol–water partition coefficient (Wildman–Crippen LogP) is 0.571. The van der Waals surface area contributed by atoms with Crippen LogP contribution in [0.2, 0.25) is 5.02 Å². The van der Waals surface area contributed by atoms with Crippen molar-refractivity contribution in [2.75, 3.05) is 11.9 Å². The molecule has 146 valence electrons. The van der Waals surface area contributed by atoms with Gasteiger partial charge in [-0.05, 0) is 25.1 Å². The highest BCUT2D eigenvalue weighted by Crippen LogP contribution is 2.33. The Balaban J connectivity index is 1.75. The third kappa shape index (κ3) is 3.90. The second-order valence-corrected chi connectivity index (χ2v) is 8.24. The number of carbonyl (C=O) groups excluding carboxylic acids is 1. The van der Waals surface area contributed by atoms with Crippen LogP contribution < -0.4 is 10.6 Å². The fourth-order valence-corrected chi connectivity index (χ4v) is 4.35. The van der Waals surface area contributed by atoms with Gasteiger partial charge in [0.1, 0.15) is 16.8 Å². The number of hydrogen-bond donors (Lipinski definition) is 3. The molecule has 0 radical (unpaired) electrons. The molecule has 2 aromatic rings. The van der Waals surface area contributed by atoms with Crippen LogP contribution in [-0.2, 0) is 14.8 Å². The van der Waals surface area contributed by atoms with Crippen molar-refractivity contribution >= 4 is 33.2 Å². The second kappa shape index (κ2) is 7.69. The highest BCUT2D eigenvalue weighted by atomic mass is 35.5. The number of aromatic nitrogens is 2. The molecule has 1 unspecified atom stereocenters. The van der Waals surface area contributed by atoms with E-state index in [1.165, 1.54) is 30.6 Å². The van der Waals surface area contributed by atoms with Crippen molar-refractivity contribution < 1.29 is 18.3 Å². The van der Waals surface area contributed by atoms with Crippen LogP contribution in [0.3, 0.4) is 0 Å². The van der Waals surface area contributed by atoms with Crippen LogP contribution in [0.25, 0.3) is 0 Å². The zero-order valence-electron chi connectivity index (χ0n) is 14.5. The van der Waals surface area contributed by atoms with E-state index in [9.17, 15) is 18.3 Å². The SMILES string of the molecule is C[C@@H](NC(=O)CN1C(O)Nc2ccc(Cl)cc2S1(=O)=O)c1ncc(C#N)cn1. The summed E-state index contributed by atoms with van der Waals surface area (Å²) in [4.78, 5) is 20.2. The maximum Gasteiger partial charge on any atom is 0.249 e. The first-order chi connectivity index (χ1) is 13.2. The topological polar surface area (TPSA) is 148 Å². The maximum absolute atomic E-state index is 12.8. The number of aliphatic hydroxyl groups is 1. The van der Waals surface area contributed by atoms with Crippen molar-refractivity contribution in [2.24, 2.45) is 0 Å². The van der Waals surface area contributed by atoms with Gasteiger partial charge in [0.15, 0.2) is 6.35 Å². The van der Waals surface area contributed by atoms with Gasteiger partial charge in [-0.15, -0.1) is 4.31 Å². The van der Waals surface area contributed by atoms with Gasteiger partial charge < -0.3 is 15.7 Å². The average Bonchev–Trinajstić information content (AvgIpc) is 2.66. The van der Waals surface area contributed by atoms with Gasteiger partial charge in [0.05, 0.1) is 23.8 Å². The van der Waals surface area contributed by atoms with E-state index in [2.05, 4.69) is 20.6 Å². The second-order valence-electron chi connectivity index (χ2n) is 5.94. The molecule has 10 nitrogen and oxygen atoms in total. The lowest BCUT2D eigenvalue weighted by atomic mass is 10.3. The number of hydrogen-bond acceptors (Lipinski definition) is 8. The summed E-state index contributed by atoms with van der Waals surface area (Å²) in [6.45, 7) is 0.969. The van der Waals surface area contributed by atoms with E-state index in [-0.39, 0.29) is 27.0 Å². The summed E-state index contributed by atoms with van der Waals surface area (Å²) in [5.41, 5.74) is 0.459. The highest BCUT2D eigenvalue weighted by molar-refractivity contribution is 7.89. The maximum atomic E-state index is 12.8. The van der Waals surface area contributed by atoms with Gasteiger partial charge in [0.25, 0.3) is 0 Å². The minimum atomic E-state index is -4.15. The van der Waals surface area contributed by atoms with E-state index in [0.717, 1.165) is 0 Å². The molecule has 1 aliphatic heterocycles. The van der Waals surface area contributed by atoms with Gasteiger partial charge in [-0.1, -0.05) is 11.6 Å². The van der Waals surface area contributed by atoms with Crippen molar-refractivity contribution in [1.29, 1.82) is 5.26 Å². The van der Waals surface area contributed by atoms with Crippen LogP contribution in [0.4, 0.5) is 5.69 Å². The number of anilines is 1. The fraction of sp³-hybridized carbons (Fsp3) is 0.250.